The molecule has 0 saturated heterocycles. The van der Waals surface area contributed by atoms with Gasteiger partial charge in [0.15, 0.2) is 0 Å². The Balaban J connectivity index is 0.000000223. The van der Waals surface area contributed by atoms with Crippen molar-refractivity contribution in [3.63, 3.8) is 0 Å². The van der Waals surface area contributed by atoms with Crippen molar-refractivity contribution >= 4 is 89.5 Å². The third-order valence-corrected chi connectivity index (χ3v) is 37.8. The minimum absolute atomic E-state index is 0. The van der Waals surface area contributed by atoms with Crippen molar-refractivity contribution in [1.29, 1.82) is 0 Å². The van der Waals surface area contributed by atoms with Crippen molar-refractivity contribution in [2.75, 3.05) is 0 Å². The fourth-order valence-electron chi connectivity index (χ4n) is 33.0. The summed E-state index contributed by atoms with van der Waals surface area (Å²) < 4.78 is 46.3. The normalized spacial score (nSPS) is 39.9. The van der Waals surface area contributed by atoms with E-state index in [4.69, 9.17) is 33.9 Å². The Bertz CT molecular complexity index is 4020. The summed E-state index contributed by atoms with van der Waals surface area (Å²) in [6, 6.07) is 0. The van der Waals surface area contributed by atoms with Gasteiger partial charge in [0.25, 0.3) is 0 Å². The van der Waals surface area contributed by atoms with E-state index < -0.39 is 65.8 Å². The van der Waals surface area contributed by atoms with Crippen LogP contribution in [0.4, 0.5) is 0 Å². The van der Waals surface area contributed by atoms with E-state index in [1.807, 2.05) is 0 Å². The number of esters is 13. The zero-order valence-corrected chi connectivity index (χ0v) is 88.8. The van der Waals surface area contributed by atoms with Crippen LogP contribution >= 0.6 is 0 Å². The molecule has 26 nitrogen and oxygen atoms in total. The Labute approximate surface area is 839 Å². The minimum atomic E-state index is -0.957. The number of hydrogen-bond acceptors (Lipinski definition) is 24. The Morgan fingerprint density at radius 3 is 1.09 bits per heavy atom. The standard InChI is InChI=1S/2C26H40O2.2C17H28O2.C7H12O4.4C4H6O3.C3H6O2.2CH4/c1-13(2)26(12-17-11-22(26)19-7-5-6-18(17)19)28-25(27)21-10-16-9-20(21)24-15(4)8-14(3)23(16)24;1-5-26(13-16-10-20(26)19-8-6-7-18(16)19)28-24(27)25(4)12-17-11-21(25)23-15(3)9-14(2)22(17)23;2*1-4-17(10-13-5-6-14(17)9-13)19-16(18)15-8-11(2)7-12(15)3;1-3-7(10)11-5(2)4-6(8)9;4*1-3(5)7-4(2)6;1-2-3(4)5;;/h13-24H,5-12H2,1-4H3;14-23H,5-13H2,1-4H3;2*11-15H,4-10H2,1-3H3;5H,3-4H2,1-2H3,(H,8,9);4*1-2H3;2H2,1H3,(H,4,5);2*1H4. The van der Waals surface area contributed by atoms with Crippen LogP contribution in [0.5, 0.6) is 0 Å². The molecule has 12 bridgehead atoms. The van der Waals surface area contributed by atoms with Crippen molar-refractivity contribution < 1.29 is 125 Å². The van der Waals surface area contributed by atoms with Crippen LogP contribution in [-0.2, 0) is 115 Å². The van der Waals surface area contributed by atoms with E-state index in [2.05, 4.69) is 116 Å². The first-order chi connectivity index (χ1) is 64.7. The predicted molar refractivity (Wildman–Crippen MR) is 531 cm³/mol. The summed E-state index contributed by atoms with van der Waals surface area (Å²) in [6.07, 6.45) is 38.6. The maximum absolute atomic E-state index is 13.8. The third-order valence-electron chi connectivity index (χ3n) is 37.8. The molecule has 2 N–H and O–H groups in total. The first-order valence-corrected chi connectivity index (χ1v) is 54.0. The Hall–Kier alpha value is -7.15. The van der Waals surface area contributed by atoms with Gasteiger partial charge < -0.3 is 52.8 Å². The van der Waals surface area contributed by atoms with Crippen molar-refractivity contribution in [3.8, 4) is 0 Å². The van der Waals surface area contributed by atoms with Gasteiger partial charge in [0, 0.05) is 80.1 Å². The number of fused-ring (bicyclic) bond motifs is 24. The number of carbonyl (C=O) groups is 15. The molecule has 0 heterocycles. The summed E-state index contributed by atoms with van der Waals surface area (Å²) in [7, 11) is 0. The smallest absolute Gasteiger partial charge is 0.312 e. The number of carbonyl (C=O) groups excluding carboxylic acids is 13. The quantitative estimate of drug-likeness (QED) is 0.0776. The summed E-state index contributed by atoms with van der Waals surface area (Å²) in [6.45, 7) is 46.7. The molecule has 37 atom stereocenters. The third kappa shape index (κ3) is 28.4. The van der Waals surface area contributed by atoms with Crippen molar-refractivity contribution in [3.05, 3.63) is 0 Å². The zero-order valence-electron chi connectivity index (χ0n) is 88.8. The van der Waals surface area contributed by atoms with Crippen LogP contribution in [0.1, 0.15) is 406 Å². The molecule has 0 spiro atoms. The molecule has 0 radical (unpaired) electrons. The topological polar surface area (TPSA) is 380 Å². The lowest BCUT2D eigenvalue weighted by Crippen LogP contribution is -2.50. The summed E-state index contributed by atoms with van der Waals surface area (Å²) in [5.41, 5.74) is -0.643. The molecule has 0 aromatic carbocycles. The molecule has 0 aliphatic heterocycles. The van der Waals surface area contributed by atoms with Gasteiger partial charge in [0.1, 0.15) is 28.5 Å². The molecule has 18 fully saturated rings. The van der Waals surface area contributed by atoms with Crippen LogP contribution in [-0.4, -0.2) is 128 Å². The molecule has 140 heavy (non-hydrogen) atoms. The number of carboxylic acids is 2. The van der Waals surface area contributed by atoms with E-state index in [0.29, 0.717) is 65.1 Å². The van der Waals surface area contributed by atoms with E-state index in [1.165, 1.54) is 197 Å². The monoisotopic (exact) mass is 1970 g/mol. The van der Waals surface area contributed by atoms with E-state index in [-0.39, 0.29) is 110 Å². The second kappa shape index (κ2) is 51.3. The van der Waals surface area contributed by atoms with Crippen molar-refractivity contribution in [2.24, 2.45) is 195 Å². The zero-order chi connectivity index (χ0) is 103. The second-order valence-electron chi connectivity index (χ2n) is 47.4. The molecule has 18 saturated carbocycles. The molecule has 37 unspecified atom stereocenters. The van der Waals surface area contributed by atoms with Gasteiger partial charge in [-0.25, -0.2) is 0 Å². The molecule has 0 aromatic rings. The maximum atomic E-state index is 13.8. The summed E-state index contributed by atoms with van der Waals surface area (Å²) in [4.78, 5) is 161. The summed E-state index contributed by atoms with van der Waals surface area (Å²) >= 11 is 0. The second-order valence-corrected chi connectivity index (χ2v) is 47.4. The molecule has 0 amide bonds. The van der Waals surface area contributed by atoms with Crippen LogP contribution in [0.15, 0.2) is 0 Å². The number of hydrogen-bond donors (Lipinski definition) is 2. The van der Waals surface area contributed by atoms with Crippen molar-refractivity contribution in [1.82, 2.24) is 0 Å². The Morgan fingerprint density at radius 2 is 0.721 bits per heavy atom. The highest BCUT2D eigenvalue weighted by Gasteiger charge is 2.70. The highest BCUT2D eigenvalue weighted by molar-refractivity contribution is 5.84. The van der Waals surface area contributed by atoms with E-state index >= 15 is 0 Å². The molecular formula is C114H186O26. The van der Waals surface area contributed by atoms with Gasteiger partial charge in [-0.05, 0) is 360 Å². The SMILES string of the molecule is C.C.CC(=O)OC(C)=O.CC(=O)OC(C)=O.CC(=O)OC(C)=O.CC(=O)OC(C)=O.CC1CC(C)C2C3CC(CC3C(=O)OC3(C(C)C)CC4CC3C3CCCC43)C12.CCC(=O)O.CCC(=O)OC(C)CC(=O)O.CCC1(OC(=O)C2(C)CC3CC2C2C(C)CC(C)C32)CC2CC1C1CCCC21.CCC1(OC(=O)C2CC(C)CC2C)CC2CCC1C2.CCC1(OC(=O)C2CC(C)CC2C)CC2CCC1C2. The molecule has 18 aliphatic rings. The van der Waals surface area contributed by atoms with Crippen LogP contribution < -0.4 is 0 Å². The highest BCUT2D eigenvalue weighted by Crippen LogP contribution is 2.72. The van der Waals surface area contributed by atoms with Crippen LogP contribution in [0.3, 0.4) is 0 Å². The number of ether oxygens (including phenoxy) is 9. The Morgan fingerprint density at radius 1 is 0.336 bits per heavy atom. The molecule has 0 aromatic heterocycles. The average Bonchev–Trinajstić information content (AvgIpc) is 1.53. The van der Waals surface area contributed by atoms with Gasteiger partial charge >= 0.3 is 89.5 Å². The van der Waals surface area contributed by atoms with E-state index in [0.717, 1.165) is 164 Å². The van der Waals surface area contributed by atoms with Gasteiger partial charge in [-0.3, -0.25) is 71.9 Å². The molecule has 26 heteroatoms. The largest absolute Gasteiger partial charge is 0.481 e. The van der Waals surface area contributed by atoms with Crippen LogP contribution in [0.2, 0.25) is 0 Å². The fraction of sp³-hybridized carbons (Fsp3) is 0.868. The average molecular weight is 1970 g/mol. The van der Waals surface area contributed by atoms with Gasteiger partial charge in [-0.1, -0.05) is 132 Å². The highest BCUT2D eigenvalue weighted by atomic mass is 16.6. The fourth-order valence-corrected chi connectivity index (χ4v) is 33.0. The van der Waals surface area contributed by atoms with Gasteiger partial charge in [-0.15, -0.1) is 0 Å². The minimum Gasteiger partial charge on any atom is -0.481 e. The van der Waals surface area contributed by atoms with E-state index in [1.54, 1.807) is 20.8 Å². The first kappa shape index (κ1) is 120. The molecule has 798 valence electrons. The van der Waals surface area contributed by atoms with E-state index in [9.17, 15) is 71.9 Å². The summed E-state index contributed by atoms with van der Waals surface area (Å²) in [5.74, 6) is 16.6. The maximum Gasteiger partial charge on any atom is 0.312 e. The summed E-state index contributed by atoms with van der Waals surface area (Å²) in [5, 5.41) is 16.0. The van der Waals surface area contributed by atoms with Gasteiger partial charge in [0.2, 0.25) is 0 Å². The van der Waals surface area contributed by atoms with Crippen LogP contribution in [0.25, 0.3) is 0 Å². The number of rotatable bonds is 17. The Kier molecular flexibility index (Phi) is 43.9. The lowest BCUT2D eigenvalue weighted by atomic mass is 9.64. The number of carboxylic acid groups (broad SMARTS) is 2. The predicted octanol–water partition coefficient (Wildman–Crippen LogP) is 23.3. The van der Waals surface area contributed by atoms with Gasteiger partial charge in [0.05, 0.1) is 29.6 Å². The lowest BCUT2D eigenvalue weighted by molar-refractivity contribution is -0.187. The molecule has 18 rings (SSSR count). The first-order valence-electron chi connectivity index (χ1n) is 54.0. The van der Waals surface area contributed by atoms with Crippen molar-refractivity contribution in [2.45, 2.75) is 435 Å². The van der Waals surface area contributed by atoms with Crippen LogP contribution in [0, 0.1) is 195 Å². The number of aliphatic carboxylic acids is 2. The molecule has 18 aliphatic carbocycles. The molecular weight excluding hydrogens is 1790 g/mol. The van der Waals surface area contributed by atoms with Gasteiger partial charge in [-0.2, -0.15) is 0 Å². The lowest BCUT2D eigenvalue weighted by Gasteiger charge is -2.46.